The average Bonchev–Trinajstić information content (AvgIpc) is 3.16. The largest absolute Gasteiger partial charge is 0.344 e. The van der Waals surface area contributed by atoms with Gasteiger partial charge in [0.25, 0.3) is 0 Å². The lowest BCUT2D eigenvalue weighted by atomic mass is 9.97. The van der Waals surface area contributed by atoms with Crippen LogP contribution in [0.4, 0.5) is 0 Å². The summed E-state index contributed by atoms with van der Waals surface area (Å²) in [5.41, 5.74) is 0. The molecule has 1 saturated carbocycles. The van der Waals surface area contributed by atoms with Crippen molar-refractivity contribution in [3.63, 3.8) is 0 Å². The van der Waals surface area contributed by atoms with Gasteiger partial charge < -0.3 is 15.1 Å². The summed E-state index contributed by atoms with van der Waals surface area (Å²) >= 11 is 0. The van der Waals surface area contributed by atoms with E-state index in [9.17, 15) is 4.79 Å². The number of nitrogens with one attached hydrogen (secondary N) is 1. The van der Waals surface area contributed by atoms with Crippen LogP contribution in [-0.4, -0.2) is 62.5 Å². The van der Waals surface area contributed by atoms with Crippen LogP contribution in [0.1, 0.15) is 25.7 Å². The molecule has 0 aromatic carbocycles. The molecule has 0 bridgehead atoms. The molecule has 4 heteroatoms. The summed E-state index contributed by atoms with van der Waals surface area (Å²) in [4.78, 5) is 16.2. The summed E-state index contributed by atoms with van der Waals surface area (Å²) in [5.74, 6) is 1.78. The summed E-state index contributed by atoms with van der Waals surface area (Å²) in [7, 11) is 4.12. The topological polar surface area (TPSA) is 35.6 Å². The third kappa shape index (κ3) is 4.58. The number of hydrogen-bond donors (Lipinski definition) is 1. The van der Waals surface area contributed by atoms with Crippen molar-refractivity contribution in [2.45, 2.75) is 25.7 Å². The van der Waals surface area contributed by atoms with Gasteiger partial charge in [0.15, 0.2) is 0 Å². The Morgan fingerprint density at radius 3 is 2.50 bits per heavy atom. The third-order valence-corrected chi connectivity index (χ3v) is 4.20. The number of carbonyl (C=O) groups excluding carboxylic acids is 1. The van der Waals surface area contributed by atoms with E-state index in [2.05, 4.69) is 17.3 Å². The standard InChI is InChI=1S/C14H27N3O/c1-16-7-5-13(6-8-16)11-17(2)14(18)10-15-9-12-3-4-12/h12-13,15H,3-11H2,1-2H3. The molecule has 1 amide bonds. The highest BCUT2D eigenvalue weighted by atomic mass is 16.2. The van der Waals surface area contributed by atoms with E-state index in [1.165, 1.54) is 38.8 Å². The van der Waals surface area contributed by atoms with Crippen molar-refractivity contribution in [3.8, 4) is 0 Å². The van der Waals surface area contributed by atoms with E-state index in [-0.39, 0.29) is 5.91 Å². The lowest BCUT2D eigenvalue weighted by Gasteiger charge is -2.31. The van der Waals surface area contributed by atoms with Gasteiger partial charge in [-0.05, 0) is 64.2 Å². The zero-order valence-electron chi connectivity index (χ0n) is 11.8. The molecule has 0 aromatic heterocycles. The Hall–Kier alpha value is -0.610. The van der Waals surface area contributed by atoms with Crippen molar-refractivity contribution in [2.75, 3.05) is 46.8 Å². The zero-order chi connectivity index (χ0) is 13.0. The first kappa shape index (κ1) is 13.8. The fourth-order valence-electron chi connectivity index (χ4n) is 2.57. The van der Waals surface area contributed by atoms with Gasteiger partial charge in [-0.15, -0.1) is 0 Å². The van der Waals surface area contributed by atoms with Gasteiger partial charge in [0, 0.05) is 13.6 Å². The molecule has 0 radical (unpaired) electrons. The van der Waals surface area contributed by atoms with E-state index in [4.69, 9.17) is 0 Å². The smallest absolute Gasteiger partial charge is 0.236 e. The average molecular weight is 253 g/mol. The van der Waals surface area contributed by atoms with Crippen LogP contribution in [0.5, 0.6) is 0 Å². The molecule has 0 atom stereocenters. The van der Waals surface area contributed by atoms with Crippen molar-refractivity contribution < 1.29 is 4.79 Å². The minimum absolute atomic E-state index is 0.245. The van der Waals surface area contributed by atoms with Gasteiger partial charge in [0.1, 0.15) is 0 Å². The first-order chi connectivity index (χ1) is 8.65. The van der Waals surface area contributed by atoms with Crippen LogP contribution in [0.3, 0.4) is 0 Å². The summed E-state index contributed by atoms with van der Waals surface area (Å²) in [6.07, 6.45) is 5.13. The lowest BCUT2D eigenvalue weighted by molar-refractivity contribution is -0.129. The molecule has 2 fully saturated rings. The van der Waals surface area contributed by atoms with Gasteiger partial charge in [0.05, 0.1) is 6.54 Å². The fraction of sp³-hybridized carbons (Fsp3) is 0.929. The minimum Gasteiger partial charge on any atom is -0.344 e. The Morgan fingerprint density at radius 1 is 1.22 bits per heavy atom. The maximum absolute atomic E-state index is 11.9. The third-order valence-electron chi connectivity index (χ3n) is 4.20. The second kappa shape index (κ2) is 6.53. The van der Waals surface area contributed by atoms with Gasteiger partial charge in [-0.2, -0.15) is 0 Å². The molecule has 18 heavy (non-hydrogen) atoms. The molecule has 4 nitrogen and oxygen atoms in total. The molecule has 0 spiro atoms. The van der Waals surface area contributed by atoms with E-state index in [1.54, 1.807) is 0 Å². The van der Waals surface area contributed by atoms with Gasteiger partial charge in [-0.3, -0.25) is 4.79 Å². The second-order valence-corrected chi connectivity index (χ2v) is 6.10. The maximum atomic E-state index is 11.9. The maximum Gasteiger partial charge on any atom is 0.236 e. The predicted molar refractivity (Wildman–Crippen MR) is 73.5 cm³/mol. The van der Waals surface area contributed by atoms with Crippen LogP contribution >= 0.6 is 0 Å². The van der Waals surface area contributed by atoms with Gasteiger partial charge in [-0.1, -0.05) is 0 Å². The Labute approximate surface area is 111 Å². The van der Waals surface area contributed by atoms with Crippen LogP contribution in [0.25, 0.3) is 0 Å². The highest BCUT2D eigenvalue weighted by Gasteiger charge is 2.22. The molecule has 2 aliphatic rings. The molecular weight excluding hydrogens is 226 g/mol. The number of likely N-dealkylation sites (N-methyl/N-ethyl adjacent to an activating group) is 1. The van der Waals surface area contributed by atoms with E-state index in [0.29, 0.717) is 12.5 Å². The molecule has 1 aliphatic heterocycles. The summed E-state index contributed by atoms with van der Waals surface area (Å²) in [6.45, 7) is 4.81. The summed E-state index contributed by atoms with van der Waals surface area (Å²) in [5, 5.41) is 3.27. The first-order valence-electron chi connectivity index (χ1n) is 7.28. The van der Waals surface area contributed by atoms with Crippen LogP contribution < -0.4 is 5.32 Å². The summed E-state index contributed by atoms with van der Waals surface area (Å²) in [6, 6.07) is 0. The van der Waals surface area contributed by atoms with E-state index >= 15 is 0 Å². The molecule has 2 rings (SSSR count). The Bertz CT molecular complexity index is 270. The molecule has 1 heterocycles. The fourth-order valence-corrected chi connectivity index (χ4v) is 2.57. The number of piperidine rings is 1. The molecular formula is C14H27N3O. The predicted octanol–water partition coefficient (Wildman–Crippen LogP) is 0.786. The first-order valence-corrected chi connectivity index (χ1v) is 7.28. The van der Waals surface area contributed by atoms with Crippen molar-refractivity contribution in [2.24, 2.45) is 11.8 Å². The molecule has 104 valence electrons. The molecule has 0 aromatic rings. The van der Waals surface area contributed by atoms with Crippen molar-refractivity contribution >= 4 is 5.91 Å². The SMILES string of the molecule is CN1CCC(CN(C)C(=O)CNCC2CC2)CC1. The number of nitrogens with zero attached hydrogens (tertiary/aromatic N) is 2. The zero-order valence-corrected chi connectivity index (χ0v) is 11.8. The normalized spacial score (nSPS) is 22.1. The number of hydrogen-bond acceptors (Lipinski definition) is 3. The van der Waals surface area contributed by atoms with Crippen LogP contribution in [0, 0.1) is 11.8 Å². The highest BCUT2D eigenvalue weighted by molar-refractivity contribution is 5.77. The summed E-state index contributed by atoms with van der Waals surface area (Å²) < 4.78 is 0. The van der Waals surface area contributed by atoms with Crippen LogP contribution in [-0.2, 0) is 4.79 Å². The quantitative estimate of drug-likeness (QED) is 0.760. The Balaban J connectivity index is 1.60. The van der Waals surface area contributed by atoms with Gasteiger partial charge >= 0.3 is 0 Å². The van der Waals surface area contributed by atoms with Crippen LogP contribution in [0.2, 0.25) is 0 Å². The minimum atomic E-state index is 0.245. The lowest BCUT2D eigenvalue weighted by Crippen LogP contribution is -2.41. The molecule has 1 saturated heterocycles. The molecule has 0 unspecified atom stereocenters. The van der Waals surface area contributed by atoms with Gasteiger partial charge in [-0.25, -0.2) is 0 Å². The van der Waals surface area contributed by atoms with E-state index in [1.807, 2.05) is 11.9 Å². The molecule has 1 aliphatic carbocycles. The second-order valence-electron chi connectivity index (χ2n) is 6.10. The van der Waals surface area contributed by atoms with Crippen molar-refractivity contribution in [3.05, 3.63) is 0 Å². The number of amides is 1. The van der Waals surface area contributed by atoms with Gasteiger partial charge in [0.2, 0.25) is 5.91 Å². The number of carbonyl (C=O) groups is 1. The van der Waals surface area contributed by atoms with Crippen molar-refractivity contribution in [1.82, 2.24) is 15.1 Å². The Kier molecular flexibility index (Phi) is 5.01. The number of rotatable bonds is 6. The number of likely N-dealkylation sites (tertiary alicyclic amines) is 1. The Morgan fingerprint density at radius 2 is 1.89 bits per heavy atom. The van der Waals surface area contributed by atoms with E-state index < -0.39 is 0 Å². The molecule has 1 N–H and O–H groups in total. The van der Waals surface area contributed by atoms with Crippen LogP contribution in [0.15, 0.2) is 0 Å². The van der Waals surface area contributed by atoms with E-state index in [0.717, 1.165) is 19.0 Å². The highest BCUT2D eigenvalue weighted by Crippen LogP contribution is 2.27. The van der Waals surface area contributed by atoms with Crippen molar-refractivity contribution in [1.29, 1.82) is 0 Å². The monoisotopic (exact) mass is 253 g/mol.